The minimum absolute atomic E-state index is 0.704. The smallest absolute Gasteiger partial charge is 0.0437 e. The van der Waals surface area contributed by atoms with Gasteiger partial charge in [-0.3, -0.25) is 0 Å². The van der Waals surface area contributed by atoms with Crippen molar-refractivity contribution in [1.82, 2.24) is 5.32 Å². The summed E-state index contributed by atoms with van der Waals surface area (Å²) in [6.45, 7) is 1.19. The fourth-order valence-corrected chi connectivity index (χ4v) is 2.43. The standard InChI is InChI=1S/C13H18ClN/c14-13-7-2-1-5-11(13)8-9-12-6-3-4-10-15-12/h1-2,5,7,12,15H,3-4,6,8-10H2. The first-order valence-electron chi connectivity index (χ1n) is 5.83. The van der Waals surface area contributed by atoms with Gasteiger partial charge in [-0.15, -0.1) is 0 Å². The number of nitrogens with one attached hydrogen (secondary N) is 1. The predicted molar refractivity (Wildman–Crippen MR) is 65.4 cm³/mol. The summed E-state index contributed by atoms with van der Waals surface area (Å²) < 4.78 is 0. The van der Waals surface area contributed by atoms with E-state index in [1.54, 1.807) is 0 Å². The van der Waals surface area contributed by atoms with E-state index in [2.05, 4.69) is 17.4 Å². The van der Waals surface area contributed by atoms with Crippen molar-refractivity contribution in [3.8, 4) is 0 Å². The van der Waals surface area contributed by atoms with E-state index >= 15 is 0 Å². The number of halogens is 1. The van der Waals surface area contributed by atoms with Crippen molar-refractivity contribution >= 4 is 11.6 Å². The molecule has 1 aliphatic heterocycles. The van der Waals surface area contributed by atoms with Crippen LogP contribution in [0.15, 0.2) is 24.3 Å². The summed E-state index contributed by atoms with van der Waals surface area (Å²) in [6.07, 6.45) is 6.34. The molecule has 1 atom stereocenters. The normalized spacial score (nSPS) is 21.5. The lowest BCUT2D eigenvalue weighted by Gasteiger charge is -2.23. The summed E-state index contributed by atoms with van der Waals surface area (Å²) in [7, 11) is 0. The summed E-state index contributed by atoms with van der Waals surface area (Å²) in [4.78, 5) is 0. The van der Waals surface area contributed by atoms with Crippen LogP contribution in [0.3, 0.4) is 0 Å². The lowest BCUT2D eigenvalue weighted by Crippen LogP contribution is -2.34. The van der Waals surface area contributed by atoms with Crippen LogP contribution >= 0.6 is 11.6 Å². The zero-order chi connectivity index (χ0) is 10.5. The molecule has 0 aromatic heterocycles. The maximum Gasteiger partial charge on any atom is 0.0437 e. The first-order valence-corrected chi connectivity index (χ1v) is 6.21. The first-order chi connectivity index (χ1) is 7.36. The molecule has 2 rings (SSSR count). The summed E-state index contributed by atoms with van der Waals surface area (Å²) in [5.74, 6) is 0. The van der Waals surface area contributed by atoms with Crippen molar-refractivity contribution in [2.75, 3.05) is 6.54 Å². The Balaban J connectivity index is 1.84. The topological polar surface area (TPSA) is 12.0 Å². The third-order valence-corrected chi connectivity index (χ3v) is 3.50. The van der Waals surface area contributed by atoms with Gasteiger partial charge in [0, 0.05) is 11.1 Å². The number of benzene rings is 1. The van der Waals surface area contributed by atoms with E-state index in [4.69, 9.17) is 11.6 Å². The molecule has 2 heteroatoms. The van der Waals surface area contributed by atoms with Gasteiger partial charge in [0.25, 0.3) is 0 Å². The molecule has 1 nitrogen and oxygen atoms in total. The number of aryl methyl sites for hydroxylation is 1. The van der Waals surface area contributed by atoms with E-state index in [1.165, 1.54) is 37.8 Å². The Morgan fingerprint density at radius 1 is 1.27 bits per heavy atom. The molecule has 1 aliphatic rings. The van der Waals surface area contributed by atoms with E-state index in [0.717, 1.165) is 11.4 Å². The molecular formula is C13H18ClN. The quantitative estimate of drug-likeness (QED) is 0.828. The predicted octanol–water partition coefficient (Wildman–Crippen LogP) is 3.41. The van der Waals surface area contributed by atoms with Gasteiger partial charge >= 0.3 is 0 Å². The fourth-order valence-electron chi connectivity index (χ4n) is 2.20. The number of rotatable bonds is 3. The van der Waals surface area contributed by atoms with Crippen LogP contribution in [0.1, 0.15) is 31.2 Å². The highest BCUT2D eigenvalue weighted by Crippen LogP contribution is 2.19. The van der Waals surface area contributed by atoms with Gasteiger partial charge in [0.1, 0.15) is 0 Å². The van der Waals surface area contributed by atoms with Crippen LogP contribution in [-0.4, -0.2) is 12.6 Å². The van der Waals surface area contributed by atoms with Crippen LogP contribution in [0.25, 0.3) is 0 Å². The van der Waals surface area contributed by atoms with Crippen LogP contribution in [-0.2, 0) is 6.42 Å². The van der Waals surface area contributed by atoms with E-state index in [1.807, 2.05) is 12.1 Å². The maximum absolute atomic E-state index is 6.12. The molecule has 0 bridgehead atoms. The fraction of sp³-hybridized carbons (Fsp3) is 0.538. The molecule has 1 fully saturated rings. The molecule has 1 aromatic carbocycles. The molecule has 1 saturated heterocycles. The molecule has 15 heavy (non-hydrogen) atoms. The summed E-state index contributed by atoms with van der Waals surface area (Å²) in [5.41, 5.74) is 1.28. The molecule has 1 heterocycles. The largest absolute Gasteiger partial charge is 0.314 e. The third-order valence-electron chi connectivity index (χ3n) is 3.13. The van der Waals surface area contributed by atoms with E-state index < -0.39 is 0 Å². The van der Waals surface area contributed by atoms with Crippen molar-refractivity contribution in [1.29, 1.82) is 0 Å². The molecule has 0 aliphatic carbocycles. The van der Waals surface area contributed by atoms with Crippen LogP contribution < -0.4 is 5.32 Å². The molecule has 0 spiro atoms. The highest BCUT2D eigenvalue weighted by Gasteiger charge is 2.12. The van der Waals surface area contributed by atoms with Gasteiger partial charge in [-0.1, -0.05) is 36.2 Å². The highest BCUT2D eigenvalue weighted by molar-refractivity contribution is 6.31. The minimum Gasteiger partial charge on any atom is -0.314 e. The third kappa shape index (κ3) is 3.22. The number of piperidine rings is 1. The Morgan fingerprint density at radius 2 is 2.13 bits per heavy atom. The summed E-state index contributed by atoms with van der Waals surface area (Å²) in [6, 6.07) is 8.87. The Hall–Kier alpha value is -0.530. The molecule has 82 valence electrons. The molecule has 1 N–H and O–H groups in total. The van der Waals surface area contributed by atoms with Gasteiger partial charge in [0.05, 0.1) is 0 Å². The lowest BCUT2D eigenvalue weighted by atomic mass is 9.98. The van der Waals surface area contributed by atoms with E-state index in [0.29, 0.717) is 6.04 Å². The summed E-state index contributed by atoms with van der Waals surface area (Å²) in [5, 5.41) is 4.48. The monoisotopic (exact) mass is 223 g/mol. The molecule has 0 radical (unpaired) electrons. The van der Waals surface area contributed by atoms with Crippen molar-refractivity contribution in [3.05, 3.63) is 34.9 Å². The second-order valence-corrected chi connectivity index (χ2v) is 4.68. The average molecular weight is 224 g/mol. The van der Waals surface area contributed by atoms with E-state index in [-0.39, 0.29) is 0 Å². The van der Waals surface area contributed by atoms with Crippen molar-refractivity contribution in [2.24, 2.45) is 0 Å². The Bertz CT molecular complexity index is 305. The first kappa shape index (κ1) is 11.0. The van der Waals surface area contributed by atoms with E-state index in [9.17, 15) is 0 Å². The summed E-state index contributed by atoms with van der Waals surface area (Å²) >= 11 is 6.12. The SMILES string of the molecule is Clc1ccccc1CCC1CCCCN1. The minimum atomic E-state index is 0.704. The van der Waals surface area contributed by atoms with Gasteiger partial charge in [0.2, 0.25) is 0 Å². The molecular weight excluding hydrogens is 206 g/mol. The average Bonchev–Trinajstić information content (AvgIpc) is 2.29. The van der Waals surface area contributed by atoms with Gasteiger partial charge < -0.3 is 5.32 Å². The van der Waals surface area contributed by atoms with Crippen LogP contribution in [0.2, 0.25) is 5.02 Å². The van der Waals surface area contributed by atoms with Gasteiger partial charge in [-0.05, 0) is 43.9 Å². The number of hydrogen-bond donors (Lipinski definition) is 1. The second-order valence-electron chi connectivity index (χ2n) is 4.28. The van der Waals surface area contributed by atoms with Crippen molar-refractivity contribution in [3.63, 3.8) is 0 Å². The van der Waals surface area contributed by atoms with Crippen molar-refractivity contribution < 1.29 is 0 Å². The van der Waals surface area contributed by atoms with Gasteiger partial charge in [-0.2, -0.15) is 0 Å². The Kier molecular flexibility index (Phi) is 4.04. The van der Waals surface area contributed by atoms with Gasteiger partial charge in [-0.25, -0.2) is 0 Å². The van der Waals surface area contributed by atoms with Crippen LogP contribution in [0.4, 0.5) is 0 Å². The zero-order valence-electron chi connectivity index (χ0n) is 9.01. The molecule has 0 amide bonds. The zero-order valence-corrected chi connectivity index (χ0v) is 9.76. The number of hydrogen-bond acceptors (Lipinski definition) is 1. The highest BCUT2D eigenvalue weighted by atomic mass is 35.5. The maximum atomic E-state index is 6.12. The van der Waals surface area contributed by atoms with Crippen molar-refractivity contribution in [2.45, 2.75) is 38.1 Å². The molecule has 1 aromatic rings. The Morgan fingerprint density at radius 3 is 2.87 bits per heavy atom. The molecule has 1 unspecified atom stereocenters. The van der Waals surface area contributed by atoms with Gasteiger partial charge in [0.15, 0.2) is 0 Å². The van der Waals surface area contributed by atoms with Crippen LogP contribution in [0, 0.1) is 0 Å². The van der Waals surface area contributed by atoms with Crippen LogP contribution in [0.5, 0.6) is 0 Å². The molecule has 0 saturated carbocycles. The second kappa shape index (κ2) is 5.53. The lowest BCUT2D eigenvalue weighted by molar-refractivity contribution is 0.383. The Labute approximate surface area is 96.8 Å².